The fourth-order valence-corrected chi connectivity index (χ4v) is 5.37. The Kier molecular flexibility index (Phi) is 7.37. The Balaban J connectivity index is 1.72. The number of anilines is 1. The Morgan fingerprint density at radius 2 is 1.62 bits per heavy atom. The molecule has 0 aromatic heterocycles. The standard InChI is InChI=1S/C23H27FN4O5S/c1-4-23(16-7-9-17(24)10-8-16)21(30)28(22(31)26-23)15-20(29)25-18-11-13-19(14-12-18)34(32,33)27(5-2)6-3/h7-14H,4-6,15H2,1-3H3,(H,25,29)(H,26,31). The molecule has 2 aromatic carbocycles. The highest BCUT2D eigenvalue weighted by Gasteiger charge is 2.51. The summed E-state index contributed by atoms with van der Waals surface area (Å²) in [5.74, 6) is -1.71. The number of urea groups is 1. The van der Waals surface area contributed by atoms with Gasteiger partial charge in [0.2, 0.25) is 15.9 Å². The van der Waals surface area contributed by atoms with Crippen LogP contribution in [0, 0.1) is 5.82 Å². The van der Waals surface area contributed by atoms with E-state index in [1.165, 1.54) is 52.8 Å². The highest BCUT2D eigenvalue weighted by molar-refractivity contribution is 7.89. The molecule has 0 aliphatic carbocycles. The molecule has 0 saturated carbocycles. The lowest BCUT2D eigenvalue weighted by Gasteiger charge is -2.25. The molecule has 1 atom stereocenters. The van der Waals surface area contributed by atoms with Crippen molar-refractivity contribution in [2.75, 3.05) is 25.0 Å². The average molecular weight is 491 g/mol. The number of amides is 4. The van der Waals surface area contributed by atoms with Crippen molar-refractivity contribution in [3.8, 4) is 0 Å². The molecule has 34 heavy (non-hydrogen) atoms. The van der Waals surface area contributed by atoms with Crippen molar-refractivity contribution in [3.63, 3.8) is 0 Å². The Morgan fingerprint density at radius 3 is 2.15 bits per heavy atom. The molecule has 1 fully saturated rings. The minimum Gasteiger partial charge on any atom is -0.325 e. The van der Waals surface area contributed by atoms with E-state index in [1.54, 1.807) is 20.8 Å². The van der Waals surface area contributed by atoms with Crippen molar-refractivity contribution < 1.29 is 27.2 Å². The predicted molar refractivity (Wildman–Crippen MR) is 124 cm³/mol. The van der Waals surface area contributed by atoms with Crippen molar-refractivity contribution in [1.29, 1.82) is 0 Å². The number of hydrogen-bond donors (Lipinski definition) is 2. The number of halogens is 1. The second-order valence-electron chi connectivity index (χ2n) is 7.75. The number of rotatable bonds is 9. The summed E-state index contributed by atoms with van der Waals surface area (Å²) >= 11 is 0. The van der Waals surface area contributed by atoms with E-state index in [9.17, 15) is 27.2 Å². The molecule has 0 bridgehead atoms. The molecule has 1 aliphatic rings. The van der Waals surface area contributed by atoms with Crippen LogP contribution in [0.5, 0.6) is 0 Å². The van der Waals surface area contributed by atoms with E-state index in [1.807, 2.05) is 0 Å². The summed E-state index contributed by atoms with van der Waals surface area (Å²) in [6.45, 7) is 5.33. The first-order valence-corrected chi connectivity index (χ1v) is 12.3. The van der Waals surface area contributed by atoms with Gasteiger partial charge < -0.3 is 10.6 Å². The molecule has 1 saturated heterocycles. The van der Waals surface area contributed by atoms with E-state index in [-0.39, 0.29) is 11.3 Å². The Bertz CT molecular complexity index is 1180. The van der Waals surface area contributed by atoms with E-state index in [2.05, 4.69) is 10.6 Å². The molecule has 182 valence electrons. The number of nitrogens with zero attached hydrogens (tertiary/aromatic N) is 2. The van der Waals surface area contributed by atoms with E-state index in [0.717, 1.165) is 4.90 Å². The normalized spacial score (nSPS) is 18.3. The number of nitrogens with one attached hydrogen (secondary N) is 2. The maximum Gasteiger partial charge on any atom is 0.325 e. The molecule has 4 amide bonds. The largest absolute Gasteiger partial charge is 0.325 e. The number of sulfonamides is 1. The van der Waals surface area contributed by atoms with Gasteiger partial charge in [-0.05, 0) is 48.4 Å². The molecule has 9 nitrogen and oxygen atoms in total. The lowest BCUT2D eigenvalue weighted by atomic mass is 9.87. The van der Waals surface area contributed by atoms with E-state index < -0.39 is 45.8 Å². The van der Waals surface area contributed by atoms with Gasteiger partial charge in [0, 0.05) is 18.8 Å². The molecule has 0 radical (unpaired) electrons. The zero-order valence-corrected chi connectivity index (χ0v) is 20.0. The van der Waals surface area contributed by atoms with Crippen LogP contribution in [0.3, 0.4) is 0 Å². The van der Waals surface area contributed by atoms with Gasteiger partial charge in [0.1, 0.15) is 17.9 Å². The summed E-state index contributed by atoms with van der Waals surface area (Å²) in [5, 5.41) is 5.20. The highest BCUT2D eigenvalue weighted by atomic mass is 32.2. The van der Waals surface area contributed by atoms with Crippen LogP contribution < -0.4 is 10.6 Å². The molecule has 1 unspecified atom stereocenters. The van der Waals surface area contributed by atoms with Gasteiger partial charge in [-0.15, -0.1) is 0 Å². The van der Waals surface area contributed by atoms with Crippen LogP contribution in [-0.2, 0) is 25.2 Å². The van der Waals surface area contributed by atoms with Gasteiger partial charge in [0.25, 0.3) is 5.91 Å². The Labute approximate surface area is 198 Å². The van der Waals surface area contributed by atoms with Gasteiger partial charge in [0.15, 0.2) is 0 Å². The molecular formula is C23H27FN4O5S. The van der Waals surface area contributed by atoms with Crippen LogP contribution in [-0.4, -0.2) is 55.1 Å². The van der Waals surface area contributed by atoms with Crippen molar-refractivity contribution in [3.05, 3.63) is 59.9 Å². The molecule has 0 spiro atoms. The van der Waals surface area contributed by atoms with E-state index >= 15 is 0 Å². The number of carbonyl (C=O) groups is 3. The number of carbonyl (C=O) groups excluding carboxylic acids is 3. The predicted octanol–water partition coefficient (Wildman–Crippen LogP) is 2.65. The maximum absolute atomic E-state index is 13.3. The van der Waals surface area contributed by atoms with Crippen LogP contribution in [0.1, 0.15) is 32.8 Å². The van der Waals surface area contributed by atoms with Gasteiger partial charge in [-0.1, -0.05) is 32.9 Å². The quantitative estimate of drug-likeness (QED) is 0.525. The third-order valence-corrected chi connectivity index (χ3v) is 7.89. The second-order valence-corrected chi connectivity index (χ2v) is 9.69. The molecule has 1 heterocycles. The summed E-state index contributed by atoms with van der Waals surface area (Å²) in [6, 6.07) is 10.2. The lowest BCUT2D eigenvalue weighted by molar-refractivity contribution is -0.134. The highest BCUT2D eigenvalue weighted by Crippen LogP contribution is 2.32. The smallest absolute Gasteiger partial charge is 0.325 e. The summed E-state index contributed by atoms with van der Waals surface area (Å²) in [7, 11) is -3.63. The van der Waals surface area contributed by atoms with Crippen LogP contribution in [0.25, 0.3) is 0 Å². The third-order valence-electron chi connectivity index (χ3n) is 5.83. The minimum absolute atomic E-state index is 0.0929. The second kappa shape index (κ2) is 9.90. The molecule has 1 aliphatic heterocycles. The van der Waals surface area contributed by atoms with Crippen molar-refractivity contribution in [2.24, 2.45) is 0 Å². The zero-order chi connectivity index (χ0) is 25.1. The Morgan fingerprint density at radius 1 is 1.03 bits per heavy atom. The van der Waals surface area contributed by atoms with Crippen LogP contribution in [0.4, 0.5) is 14.9 Å². The fourth-order valence-electron chi connectivity index (χ4n) is 3.91. The topological polar surface area (TPSA) is 116 Å². The van der Waals surface area contributed by atoms with Crippen molar-refractivity contribution in [2.45, 2.75) is 37.6 Å². The molecule has 2 N–H and O–H groups in total. The summed E-state index contributed by atoms with van der Waals surface area (Å²) in [6.07, 6.45) is 0.212. The lowest BCUT2D eigenvalue weighted by Crippen LogP contribution is -2.44. The monoisotopic (exact) mass is 490 g/mol. The summed E-state index contributed by atoms with van der Waals surface area (Å²) in [5.41, 5.74) is -0.649. The van der Waals surface area contributed by atoms with Gasteiger partial charge >= 0.3 is 6.03 Å². The van der Waals surface area contributed by atoms with Gasteiger partial charge in [-0.25, -0.2) is 17.6 Å². The van der Waals surface area contributed by atoms with Crippen LogP contribution in [0.2, 0.25) is 0 Å². The van der Waals surface area contributed by atoms with Crippen molar-refractivity contribution >= 4 is 33.6 Å². The first-order valence-electron chi connectivity index (χ1n) is 10.9. The molecule has 3 rings (SSSR count). The van der Waals surface area contributed by atoms with Gasteiger partial charge in [0.05, 0.1) is 4.90 Å². The maximum atomic E-state index is 13.3. The van der Waals surface area contributed by atoms with Gasteiger partial charge in [-0.2, -0.15) is 4.31 Å². The fraction of sp³-hybridized carbons (Fsp3) is 0.348. The minimum atomic E-state index is -3.63. The van der Waals surface area contributed by atoms with Crippen LogP contribution >= 0.6 is 0 Å². The number of imide groups is 1. The third kappa shape index (κ3) is 4.66. The van der Waals surface area contributed by atoms with E-state index in [0.29, 0.717) is 24.3 Å². The molecule has 11 heteroatoms. The van der Waals surface area contributed by atoms with E-state index in [4.69, 9.17) is 0 Å². The van der Waals surface area contributed by atoms with Crippen LogP contribution in [0.15, 0.2) is 53.4 Å². The summed E-state index contributed by atoms with van der Waals surface area (Å²) < 4.78 is 39.8. The van der Waals surface area contributed by atoms with Crippen molar-refractivity contribution in [1.82, 2.24) is 14.5 Å². The Hall–Kier alpha value is -3.31. The van der Waals surface area contributed by atoms with Gasteiger partial charge in [-0.3, -0.25) is 14.5 Å². The molecule has 2 aromatic rings. The number of benzene rings is 2. The number of hydrogen-bond acceptors (Lipinski definition) is 5. The first kappa shape index (κ1) is 25.3. The summed E-state index contributed by atoms with van der Waals surface area (Å²) in [4.78, 5) is 39.1. The zero-order valence-electron chi connectivity index (χ0n) is 19.2. The SMILES string of the molecule is CCN(CC)S(=O)(=O)c1ccc(NC(=O)CN2C(=O)NC(CC)(c3ccc(F)cc3)C2=O)cc1. The molecular weight excluding hydrogens is 463 g/mol. The average Bonchev–Trinajstić information content (AvgIpc) is 3.05. The first-order chi connectivity index (χ1) is 16.1.